The smallest absolute Gasteiger partial charge is 0.415 e. The molecule has 0 spiro atoms. The topological polar surface area (TPSA) is 111 Å². The van der Waals surface area contributed by atoms with Crippen LogP contribution in [0.1, 0.15) is 58.1 Å². The van der Waals surface area contributed by atoms with Crippen molar-refractivity contribution in [1.29, 1.82) is 0 Å². The van der Waals surface area contributed by atoms with Crippen LogP contribution >= 0.6 is 0 Å². The zero-order valence-corrected chi connectivity index (χ0v) is 20.7. The molecule has 0 saturated heterocycles. The lowest BCUT2D eigenvalue weighted by molar-refractivity contribution is -0.146. The van der Waals surface area contributed by atoms with Gasteiger partial charge in [0.15, 0.2) is 0 Å². The van der Waals surface area contributed by atoms with E-state index in [2.05, 4.69) is 10.6 Å². The molecular formula is C27H32N2O6. The lowest BCUT2D eigenvalue weighted by Crippen LogP contribution is -2.52. The molecule has 0 saturated carbocycles. The van der Waals surface area contributed by atoms with Gasteiger partial charge >= 0.3 is 18.2 Å². The van der Waals surface area contributed by atoms with E-state index in [-0.39, 0.29) is 18.4 Å². The van der Waals surface area contributed by atoms with Crippen LogP contribution in [0.25, 0.3) is 11.1 Å². The molecule has 2 aromatic carbocycles. The molecule has 0 unspecified atom stereocenters. The highest BCUT2D eigenvalue weighted by atomic mass is 16.6. The van der Waals surface area contributed by atoms with Crippen molar-refractivity contribution in [3.05, 3.63) is 59.7 Å². The highest BCUT2D eigenvalue weighted by Crippen LogP contribution is 2.44. The summed E-state index contributed by atoms with van der Waals surface area (Å²) in [5, 5.41) is 4.60. The van der Waals surface area contributed by atoms with Crippen LogP contribution in [-0.4, -0.2) is 36.7 Å². The lowest BCUT2D eigenvalue weighted by Gasteiger charge is -2.23. The maximum Gasteiger partial charge on any atom is 0.415 e. The van der Waals surface area contributed by atoms with Crippen molar-refractivity contribution in [1.82, 2.24) is 10.6 Å². The molecule has 0 bridgehead atoms. The number of benzene rings is 2. The zero-order valence-electron chi connectivity index (χ0n) is 20.7. The Bertz CT molecular complexity index is 1080. The molecule has 0 aromatic heterocycles. The SMILES string of the molecule is CC[C@H](C)[C@H](NC(=O)OC(=O)C(C)(C)C)C(=O)NC(=O)OCC1c2ccccc2-c2ccccc21. The Morgan fingerprint density at radius 3 is 1.97 bits per heavy atom. The highest BCUT2D eigenvalue weighted by molar-refractivity contribution is 5.97. The van der Waals surface area contributed by atoms with E-state index < -0.39 is 35.5 Å². The fraction of sp³-hybridized carbons (Fsp3) is 0.407. The summed E-state index contributed by atoms with van der Waals surface area (Å²) >= 11 is 0. The van der Waals surface area contributed by atoms with Crippen LogP contribution in [0.5, 0.6) is 0 Å². The lowest BCUT2D eigenvalue weighted by atomic mass is 9.97. The number of hydrogen-bond donors (Lipinski definition) is 2. The first-order valence-electron chi connectivity index (χ1n) is 11.7. The molecule has 1 aliphatic rings. The molecule has 2 aromatic rings. The Balaban J connectivity index is 1.62. The molecule has 8 nitrogen and oxygen atoms in total. The summed E-state index contributed by atoms with van der Waals surface area (Å²) in [7, 11) is 0. The second kappa shape index (κ2) is 10.7. The van der Waals surface area contributed by atoms with Gasteiger partial charge in [0.05, 0.1) is 5.41 Å². The van der Waals surface area contributed by atoms with Crippen molar-refractivity contribution in [3.8, 4) is 11.1 Å². The molecule has 186 valence electrons. The maximum absolute atomic E-state index is 12.8. The van der Waals surface area contributed by atoms with Gasteiger partial charge in [-0.05, 0) is 48.9 Å². The number of carbonyl (C=O) groups is 4. The van der Waals surface area contributed by atoms with E-state index in [1.54, 1.807) is 27.7 Å². The number of ether oxygens (including phenoxy) is 2. The van der Waals surface area contributed by atoms with Crippen LogP contribution in [0.2, 0.25) is 0 Å². The number of imide groups is 1. The molecule has 3 rings (SSSR count). The Morgan fingerprint density at radius 1 is 0.914 bits per heavy atom. The molecule has 0 fully saturated rings. The van der Waals surface area contributed by atoms with E-state index in [1.165, 1.54) is 0 Å². The Kier molecular flexibility index (Phi) is 7.94. The summed E-state index contributed by atoms with van der Waals surface area (Å²) in [6.07, 6.45) is -1.42. The average molecular weight is 481 g/mol. The summed E-state index contributed by atoms with van der Waals surface area (Å²) in [5.41, 5.74) is 3.42. The molecule has 35 heavy (non-hydrogen) atoms. The van der Waals surface area contributed by atoms with Crippen molar-refractivity contribution in [2.24, 2.45) is 11.3 Å². The number of carbonyl (C=O) groups excluding carboxylic acids is 4. The van der Waals surface area contributed by atoms with Crippen LogP contribution < -0.4 is 10.6 Å². The van der Waals surface area contributed by atoms with E-state index in [4.69, 9.17) is 9.47 Å². The number of esters is 1. The van der Waals surface area contributed by atoms with E-state index in [1.807, 2.05) is 55.5 Å². The van der Waals surface area contributed by atoms with E-state index >= 15 is 0 Å². The van der Waals surface area contributed by atoms with Crippen LogP contribution in [0.15, 0.2) is 48.5 Å². The molecule has 2 N–H and O–H groups in total. The molecule has 0 heterocycles. The van der Waals surface area contributed by atoms with Crippen molar-refractivity contribution < 1.29 is 28.7 Å². The van der Waals surface area contributed by atoms with Crippen molar-refractivity contribution >= 4 is 24.1 Å². The quantitative estimate of drug-likeness (QED) is 0.455. The Hall–Kier alpha value is -3.68. The monoisotopic (exact) mass is 480 g/mol. The zero-order chi connectivity index (χ0) is 25.8. The Labute approximate surface area is 205 Å². The van der Waals surface area contributed by atoms with E-state index in [0.717, 1.165) is 22.3 Å². The minimum atomic E-state index is -1.08. The van der Waals surface area contributed by atoms with Gasteiger partial charge in [0, 0.05) is 5.92 Å². The van der Waals surface area contributed by atoms with Gasteiger partial charge in [-0.2, -0.15) is 0 Å². The van der Waals surface area contributed by atoms with Crippen LogP contribution in [0.4, 0.5) is 9.59 Å². The molecule has 8 heteroatoms. The second-order valence-electron chi connectivity index (χ2n) is 9.75. The number of alkyl carbamates (subject to hydrolysis) is 2. The van der Waals surface area contributed by atoms with Gasteiger partial charge in [-0.25, -0.2) is 9.59 Å². The van der Waals surface area contributed by atoms with Crippen molar-refractivity contribution in [2.45, 2.75) is 53.0 Å². The first kappa shape index (κ1) is 25.9. The van der Waals surface area contributed by atoms with Crippen molar-refractivity contribution in [3.63, 3.8) is 0 Å². The van der Waals surface area contributed by atoms with Crippen LogP contribution in [0.3, 0.4) is 0 Å². The van der Waals surface area contributed by atoms with Gasteiger partial charge in [0.1, 0.15) is 12.6 Å². The van der Waals surface area contributed by atoms with Crippen molar-refractivity contribution in [2.75, 3.05) is 6.61 Å². The first-order chi connectivity index (χ1) is 16.5. The average Bonchev–Trinajstić information content (AvgIpc) is 3.13. The van der Waals surface area contributed by atoms with Gasteiger partial charge in [0.2, 0.25) is 0 Å². The normalized spacial score (nSPS) is 14.2. The maximum atomic E-state index is 12.8. The molecule has 3 amide bonds. The predicted octanol–water partition coefficient (Wildman–Crippen LogP) is 4.77. The van der Waals surface area contributed by atoms with Crippen LogP contribution in [-0.2, 0) is 19.1 Å². The molecule has 2 atom stereocenters. The number of rotatable bonds is 6. The molecule has 1 aliphatic carbocycles. The summed E-state index contributed by atoms with van der Waals surface area (Å²) in [6.45, 7) is 8.46. The van der Waals surface area contributed by atoms with Gasteiger partial charge in [-0.3, -0.25) is 14.9 Å². The number of hydrogen-bond acceptors (Lipinski definition) is 6. The third kappa shape index (κ3) is 6.07. The van der Waals surface area contributed by atoms with E-state index in [9.17, 15) is 19.2 Å². The summed E-state index contributed by atoms with van der Waals surface area (Å²) in [4.78, 5) is 49.5. The summed E-state index contributed by atoms with van der Waals surface area (Å²) in [6, 6.07) is 14.8. The largest absolute Gasteiger partial charge is 0.448 e. The fourth-order valence-electron chi connectivity index (χ4n) is 3.91. The van der Waals surface area contributed by atoms with Crippen LogP contribution in [0, 0.1) is 11.3 Å². The minimum absolute atomic E-state index is 0.0523. The molecule has 0 aliphatic heterocycles. The van der Waals surface area contributed by atoms with Gasteiger partial charge < -0.3 is 14.8 Å². The molecular weight excluding hydrogens is 448 g/mol. The fourth-order valence-corrected chi connectivity index (χ4v) is 3.91. The standard InChI is InChI=1S/C27H32N2O6/c1-6-16(2)22(28-26(33)35-24(31)27(3,4)5)23(30)29-25(32)34-15-21-19-13-9-7-11-17(19)18-12-8-10-14-20(18)21/h7-14,16,21-22H,6,15H2,1-5H3,(H,28,33)(H,29,30,32)/t16-,22-/m0/s1. The second-order valence-corrected chi connectivity index (χ2v) is 9.75. The number of nitrogens with one attached hydrogen (secondary N) is 2. The van der Waals surface area contributed by atoms with Gasteiger partial charge in [-0.15, -0.1) is 0 Å². The summed E-state index contributed by atoms with van der Waals surface area (Å²) < 4.78 is 10.2. The third-order valence-corrected chi connectivity index (χ3v) is 6.14. The predicted molar refractivity (Wildman–Crippen MR) is 131 cm³/mol. The first-order valence-corrected chi connectivity index (χ1v) is 11.7. The Morgan fingerprint density at radius 2 is 1.46 bits per heavy atom. The minimum Gasteiger partial charge on any atom is -0.448 e. The highest BCUT2D eigenvalue weighted by Gasteiger charge is 2.32. The van der Waals surface area contributed by atoms with Gasteiger partial charge in [0.25, 0.3) is 5.91 Å². The number of amides is 3. The summed E-state index contributed by atoms with van der Waals surface area (Å²) in [5.74, 6) is -1.94. The third-order valence-electron chi connectivity index (χ3n) is 6.14. The number of fused-ring (bicyclic) bond motifs is 3. The molecule has 0 radical (unpaired) electrons. The van der Waals surface area contributed by atoms with E-state index in [0.29, 0.717) is 6.42 Å². The van der Waals surface area contributed by atoms with Gasteiger partial charge in [-0.1, -0.05) is 68.8 Å².